The SMILES string of the molecule is CCCCCC(N1CCNCC1)S(=O)(=O)OCc1ccc(-c2ccccc2F)cc1. The molecule has 0 saturated carbocycles. The minimum Gasteiger partial charge on any atom is -0.314 e. The number of benzene rings is 2. The Hall–Kier alpha value is -1.80. The van der Waals surface area contributed by atoms with E-state index in [0.29, 0.717) is 25.1 Å². The Morgan fingerprint density at radius 3 is 2.43 bits per heavy atom. The lowest BCUT2D eigenvalue weighted by molar-refractivity contribution is 0.187. The molecule has 0 amide bonds. The third-order valence-electron chi connectivity index (χ3n) is 5.48. The van der Waals surface area contributed by atoms with E-state index in [0.717, 1.165) is 43.5 Å². The molecule has 2 aromatic carbocycles. The molecule has 1 fully saturated rings. The minimum atomic E-state index is -3.73. The maximum absolute atomic E-state index is 14.0. The van der Waals surface area contributed by atoms with Crippen molar-refractivity contribution >= 4 is 10.1 Å². The third-order valence-corrected chi connectivity index (χ3v) is 7.12. The number of nitrogens with one attached hydrogen (secondary N) is 1. The Kier molecular flexibility index (Phi) is 8.39. The van der Waals surface area contributed by atoms with Gasteiger partial charge in [0.25, 0.3) is 10.1 Å². The summed E-state index contributed by atoms with van der Waals surface area (Å²) in [6, 6.07) is 13.7. The molecule has 1 N–H and O–H groups in total. The van der Waals surface area contributed by atoms with Crippen LogP contribution in [0.25, 0.3) is 11.1 Å². The van der Waals surface area contributed by atoms with Crippen LogP contribution in [0, 0.1) is 5.82 Å². The molecule has 7 heteroatoms. The van der Waals surface area contributed by atoms with Gasteiger partial charge in [0.1, 0.15) is 11.2 Å². The first-order valence-corrected chi connectivity index (χ1v) is 12.2. The van der Waals surface area contributed by atoms with Gasteiger partial charge in [-0.1, -0.05) is 68.7 Å². The molecule has 1 aliphatic rings. The topological polar surface area (TPSA) is 58.6 Å². The van der Waals surface area contributed by atoms with Crippen molar-refractivity contribution in [2.24, 2.45) is 0 Å². The number of hydrogen-bond donors (Lipinski definition) is 1. The zero-order valence-electron chi connectivity index (χ0n) is 17.5. The molecule has 0 spiro atoms. The number of halogens is 1. The number of nitrogens with zero attached hydrogens (tertiary/aromatic N) is 1. The highest BCUT2D eigenvalue weighted by molar-refractivity contribution is 7.87. The van der Waals surface area contributed by atoms with Gasteiger partial charge in [0.15, 0.2) is 0 Å². The van der Waals surface area contributed by atoms with Crippen LogP contribution in [0.2, 0.25) is 0 Å². The van der Waals surface area contributed by atoms with Gasteiger partial charge in [-0.05, 0) is 23.6 Å². The smallest absolute Gasteiger partial charge is 0.284 e. The second-order valence-electron chi connectivity index (χ2n) is 7.67. The summed E-state index contributed by atoms with van der Waals surface area (Å²) in [7, 11) is -3.73. The molecule has 0 bridgehead atoms. The summed E-state index contributed by atoms with van der Waals surface area (Å²) >= 11 is 0. The predicted octanol–water partition coefficient (Wildman–Crippen LogP) is 4.15. The van der Waals surface area contributed by atoms with Crippen molar-refractivity contribution < 1.29 is 17.0 Å². The van der Waals surface area contributed by atoms with Crippen molar-refractivity contribution in [2.45, 2.75) is 44.6 Å². The first kappa shape index (κ1) is 22.9. The molecule has 1 unspecified atom stereocenters. The van der Waals surface area contributed by atoms with Crippen LogP contribution in [0.5, 0.6) is 0 Å². The second kappa shape index (κ2) is 11.0. The van der Waals surface area contributed by atoms with Gasteiger partial charge in [-0.25, -0.2) is 4.39 Å². The van der Waals surface area contributed by atoms with Gasteiger partial charge in [-0.15, -0.1) is 0 Å². The van der Waals surface area contributed by atoms with Gasteiger partial charge in [0, 0.05) is 31.7 Å². The van der Waals surface area contributed by atoms with Gasteiger partial charge >= 0.3 is 0 Å². The van der Waals surface area contributed by atoms with Crippen LogP contribution in [-0.4, -0.2) is 44.9 Å². The Labute approximate surface area is 179 Å². The lowest BCUT2D eigenvalue weighted by Gasteiger charge is -2.34. The van der Waals surface area contributed by atoms with E-state index in [2.05, 4.69) is 12.2 Å². The molecule has 1 aliphatic heterocycles. The predicted molar refractivity (Wildman–Crippen MR) is 118 cm³/mol. The van der Waals surface area contributed by atoms with Gasteiger partial charge in [-0.2, -0.15) is 8.42 Å². The summed E-state index contributed by atoms with van der Waals surface area (Å²) in [4.78, 5) is 2.02. The fraction of sp³-hybridized carbons (Fsp3) is 0.478. The number of hydrogen-bond acceptors (Lipinski definition) is 5. The largest absolute Gasteiger partial charge is 0.314 e. The summed E-state index contributed by atoms with van der Waals surface area (Å²) in [5.41, 5.74) is 2.01. The maximum atomic E-state index is 14.0. The van der Waals surface area contributed by atoms with Gasteiger partial charge in [-0.3, -0.25) is 9.08 Å². The molecule has 0 radical (unpaired) electrons. The van der Waals surface area contributed by atoms with Crippen molar-refractivity contribution in [3.05, 3.63) is 59.9 Å². The highest BCUT2D eigenvalue weighted by Gasteiger charge is 2.32. The molecule has 0 aliphatic carbocycles. The lowest BCUT2D eigenvalue weighted by Crippen LogP contribution is -2.51. The summed E-state index contributed by atoms with van der Waals surface area (Å²) in [5, 5.41) is 2.66. The second-order valence-corrected chi connectivity index (χ2v) is 9.43. The van der Waals surface area contributed by atoms with Crippen molar-refractivity contribution in [1.29, 1.82) is 0 Å². The minimum absolute atomic E-state index is 0.0176. The van der Waals surface area contributed by atoms with E-state index in [9.17, 15) is 12.8 Å². The molecule has 164 valence electrons. The molecule has 30 heavy (non-hydrogen) atoms. The average molecular weight is 435 g/mol. The zero-order chi connectivity index (χ0) is 21.4. The average Bonchev–Trinajstić information content (AvgIpc) is 2.77. The number of rotatable bonds is 10. The summed E-state index contributed by atoms with van der Waals surface area (Å²) in [5.74, 6) is -0.282. The molecule has 0 aromatic heterocycles. The maximum Gasteiger partial charge on any atom is 0.284 e. The molecular weight excluding hydrogens is 403 g/mol. The number of piperazine rings is 1. The van der Waals surface area contributed by atoms with E-state index in [1.165, 1.54) is 6.07 Å². The van der Waals surface area contributed by atoms with Crippen LogP contribution in [-0.2, 0) is 20.9 Å². The quantitative estimate of drug-likeness (QED) is 0.450. The summed E-state index contributed by atoms with van der Waals surface area (Å²) in [6.07, 6.45) is 3.51. The van der Waals surface area contributed by atoms with E-state index in [1.807, 2.05) is 4.90 Å². The normalized spacial score (nSPS) is 16.5. The van der Waals surface area contributed by atoms with Crippen LogP contribution >= 0.6 is 0 Å². The van der Waals surface area contributed by atoms with E-state index in [4.69, 9.17) is 4.18 Å². The number of unbranched alkanes of at least 4 members (excludes halogenated alkanes) is 2. The van der Waals surface area contributed by atoms with Gasteiger partial charge in [0.2, 0.25) is 0 Å². The molecule has 1 heterocycles. The standard InChI is InChI=1S/C23H31FN2O3S/c1-2-3-4-9-23(26-16-14-25-15-17-26)30(27,28)29-18-19-10-12-20(13-11-19)21-7-5-6-8-22(21)24/h5-8,10-13,23,25H,2-4,9,14-18H2,1H3. The fourth-order valence-electron chi connectivity index (χ4n) is 3.75. The van der Waals surface area contributed by atoms with Crippen LogP contribution in [0.4, 0.5) is 4.39 Å². The van der Waals surface area contributed by atoms with E-state index >= 15 is 0 Å². The van der Waals surface area contributed by atoms with E-state index in [1.54, 1.807) is 42.5 Å². The van der Waals surface area contributed by atoms with Crippen molar-refractivity contribution in [1.82, 2.24) is 10.2 Å². The van der Waals surface area contributed by atoms with Crippen LogP contribution < -0.4 is 5.32 Å². The monoisotopic (exact) mass is 434 g/mol. The highest BCUT2D eigenvalue weighted by atomic mass is 32.2. The lowest BCUT2D eigenvalue weighted by atomic mass is 10.0. The molecule has 2 aromatic rings. The Bertz CT molecular complexity index is 897. The molecule has 1 atom stereocenters. The van der Waals surface area contributed by atoms with Crippen molar-refractivity contribution in [3.8, 4) is 11.1 Å². The van der Waals surface area contributed by atoms with Crippen LogP contribution in [0.1, 0.15) is 38.2 Å². The van der Waals surface area contributed by atoms with E-state index < -0.39 is 15.5 Å². The zero-order valence-corrected chi connectivity index (χ0v) is 18.3. The molecule has 3 rings (SSSR count). The Balaban J connectivity index is 1.66. The third kappa shape index (κ3) is 6.11. The van der Waals surface area contributed by atoms with Crippen LogP contribution in [0.15, 0.2) is 48.5 Å². The van der Waals surface area contributed by atoms with Crippen molar-refractivity contribution in [3.63, 3.8) is 0 Å². The molecular formula is C23H31FN2O3S. The van der Waals surface area contributed by atoms with Crippen LogP contribution in [0.3, 0.4) is 0 Å². The molecule has 1 saturated heterocycles. The van der Waals surface area contributed by atoms with Gasteiger partial charge in [0.05, 0.1) is 6.61 Å². The Morgan fingerprint density at radius 2 is 1.77 bits per heavy atom. The van der Waals surface area contributed by atoms with Gasteiger partial charge < -0.3 is 5.32 Å². The highest BCUT2D eigenvalue weighted by Crippen LogP contribution is 2.24. The summed E-state index contributed by atoms with van der Waals surface area (Å²) in [6.45, 7) is 5.08. The molecule has 5 nitrogen and oxygen atoms in total. The van der Waals surface area contributed by atoms with E-state index in [-0.39, 0.29) is 12.4 Å². The first-order chi connectivity index (χ1) is 14.5. The van der Waals surface area contributed by atoms with Crippen molar-refractivity contribution in [2.75, 3.05) is 26.2 Å². The fourth-order valence-corrected chi connectivity index (χ4v) is 5.24. The summed E-state index contributed by atoms with van der Waals surface area (Å²) < 4.78 is 45.4. The Morgan fingerprint density at radius 1 is 1.07 bits per heavy atom. The first-order valence-electron chi connectivity index (χ1n) is 10.7.